The zero-order valence-corrected chi connectivity index (χ0v) is 9.52. The smallest absolute Gasteiger partial charge is 0.128 e. The predicted octanol–water partition coefficient (Wildman–Crippen LogP) is 2.16. The van der Waals surface area contributed by atoms with Crippen LogP contribution in [0.25, 0.3) is 0 Å². The van der Waals surface area contributed by atoms with Crippen molar-refractivity contribution < 1.29 is 4.39 Å². The van der Waals surface area contributed by atoms with Gasteiger partial charge in [-0.05, 0) is 30.2 Å². The van der Waals surface area contributed by atoms with Crippen molar-refractivity contribution in [2.24, 2.45) is 5.73 Å². The molecule has 1 heterocycles. The molecule has 0 amide bonds. The molecule has 4 heteroatoms. The molecule has 1 unspecified atom stereocenters. The molecule has 0 fully saturated rings. The standard InChI is InChI=1S/C13H14FN3/c1-8-4-5-9(7-11(8)14)12(15)10-3-2-6-17-13(10)16/h2-7,12H,15H2,1H3,(H2,16,17). The molecule has 4 N–H and O–H groups in total. The van der Waals surface area contributed by atoms with Gasteiger partial charge in [0.15, 0.2) is 0 Å². The molecule has 88 valence electrons. The van der Waals surface area contributed by atoms with E-state index in [1.54, 1.807) is 37.4 Å². The third-order valence-corrected chi connectivity index (χ3v) is 2.76. The van der Waals surface area contributed by atoms with Crippen molar-refractivity contribution in [3.8, 4) is 0 Å². The number of nitrogens with two attached hydrogens (primary N) is 2. The van der Waals surface area contributed by atoms with Crippen molar-refractivity contribution in [1.82, 2.24) is 4.98 Å². The lowest BCUT2D eigenvalue weighted by Crippen LogP contribution is -2.14. The molecule has 0 saturated carbocycles. The number of aromatic nitrogens is 1. The van der Waals surface area contributed by atoms with Crippen LogP contribution < -0.4 is 11.5 Å². The summed E-state index contributed by atoms with van der Waals surface area (Å²) < 4.78 is 13.5. The maximum absolute atomic E-state index is 13.5. The molecular weight excluding hydrogens is 217 g/mol. The second kappa shape index (κ2) is 4.51. The Kier molecular flexibility index (Phi) is 3.06. The van der Waals surface area contributed by atoms with Crippen LogP contribution in [0.5, 0.6) is 0 Å². The van der Waals surface area contributed by atoms with Crippen molar-refractivity contribution in [1.29, 1.82) is 0 Å². The number of nitrogens with zero attached hydrogens (tertiary/aromatic N) is 1. The molecule has 2 aromatic rings. The van der Waals surface area contributed by atoms with Crippen molar-refractivity contribution in [2.75, 3.05) is 5.73 Å². The fourth-order valence-corrected chi connectivity index (χ4v) is 1.68. The van der Waals surface area contributed by atoms with E-state index in [1.807, 2.05) is 0 Å². The van der Waals surface area contributed by atoms with Crippen LogP contribution in [0, 0.1) is 12.7 Å². The Morgan fingerprint density at radius 3 is 2.71 bits per heavy atom. The number of anilines is 1. The summed E-state index contributed by atoms with van der Waals surface area (Å²) in [6.45, 7) is 1.71. The normalized spacial score (nSPS) is 12.4. The largest absolute Gasteiger partial charge is 0.383 e. The molecule has 0 bridgehead atoms. The van der Waals surface area contributed by atoms with Crippen molar-refractivity contribution in [2.45, 2.75) is 13.0 Å². The van der Waals surface area contributed by atoms with Gasteiger partial charge in [0.1, 0.15) is 11.6 Å². The molecule has 0 aliphatic rings. The second-order valence-electron chi connectivity index (χ2n) is 3.96. The Labute approximate surface area is 99.3 Å². The highest BCUT2D eigenvalue weighted by atomic mass is 19.1. The number of benzene rings is 1. The lowest BCUT2D eigenvalue weighted by molar-refractivity contribution is 0.614. The highest BCUT2D eigenvalue weighted by molar-refractivity contribution is 5.45. The Morgan fingerprint density at radius 1 is 1.29 bits per heavy atom. The van der Waals surface area contributed by atoms with E-state index >= 15 is 0 Å². The van der Waals surface area contributed by atoms with Crippen LogP contribution in [0.4, 0.5) is 10.2 Å². The van der Waals surface area contributed by atoms with Crippen molar-refractivity contribution in [3.63, 3.8) is 0 Å². The predicted molar refractivity (Wildman–Crippen MR) is 65.8 cm³/mol. The third-order valence-electron chi connectivity index (χ3n) is 2.76. The van der Waals surface area contributed by atoms with Gasteiger partial charge in [-0.25, -0.2) is 9.37 Å². The zero-order valence-electron chi connectivity index (χ0n) is 9.52. The van der Waals surface area contributed by atoms with Crippen LogP contribution in [-0.2, 0) is 0 Å². The summed E-state index contributed by atoms with van der Waals surface area (Å²) in [5, 5.41) is 0. The summed E-state index contributed by atoms with van der Waals surface area (Å²) in [4.78, 5) is 3.97. The van der Waals surface area contributed by atoms with Gasteiger partial charge in [-0.2, -0.15) is 0 Å². The van der Waals surface area contributed by atoms with Crippen LogP contribution in [0.15, 0.2) is 36.5 Å². The van der Waals surface area contributed by atoms with E-state index in [-0.39, 0.29) is 5.82 Å². The molecule has 0 aliphatic carbocycles. The molecule has 1 atom stereocenters. The van der Waals surface area contributed by atoms with Gasteiger partial charge in [0.05, 0.1) is 6.04 Å². The van der Waals surface area contributed by atoms with Gasteiger partial charge in [-0.3, -0.25) is 0 Å². The van der Waals surface area contributed by atoms with Gasteiger partial charge in [0.2, 0.25) is 0 Å². The Morgan fingerprint density at radius 2 is 2.06 bits per heavy atom. The number of halogens is 1. The highest BCUT2D eigenvalue weighted by Gasteiger charge is 2.13. The Balaban J connectivity index is 2.40. The molecule has 3 nitrogen and oxygen atoms in total. The van der Waals surface area contributed by atoms with Gasteiger partial charge in [-0.15, -0.1) is 0 Å². The number of rotatable bonds is 2. The van der Waals surface area contributed by atoms with Crippen molar-refractivity contribution in [3.05, 3.63) is 59.0 Å². The minimum Gasteiger partial charge on any atom is -0.383 e. The summed E-state index contributed by atoms with van der Waals surface area (Å²) in [6, 6.07) is 8.04. The molecule has 0 aliphatic heterocycles. The van der Waals surface area contributed by atoms with Crippen LogP contribution in [-0.4, -0.2) is 4.98 Å². The van der Waals surface area contributed by atoms with Gasteiger partial charge in [0, 0.05) is 11.8 Å². The monoisotopic (exact) mass is 231 g/mol. The maximum atomic E-state index is 13.5. The fraction of sp³-hybridized carbons (Fsp3) is 0.154. The second-order valence-corrected chi connectivity index (χ2v) is 3.96. The third kappa shape index (κ3) is 2.26. The van der Waals surface area contributed by atoms with E-state index in [0.717, 1.165) is 0 Å². The maximum Gasteiger partial charge on any atom is 0.128 e. The average Bonchev–Trinajstić information content (AvgIpc) is 2.32. The van der Waals surface area contributed by atoms with E-state index in [0.29, 0.717) is 22.5 Å². The zero-order chi connectivity index (χ0) is 12.4. The molecule has 0 radical (unpaired) electrons. The van der Waals surface area contributed by atoms with Gasteiger partial charge in [-0.1, -0.05) is 18.2 Å². The summed E-state index contributed by atoms with van der Waals surface area (Å²) in [7, 11) is 0. The number of hydrogen-bond donors (Lipinski definition) is 2. The Hall–Kier alpha value is -1.94. The summed E-state index contributed by atoms with van der Waals surface area (Å²) >= 11 is 0. The topological polar surface area (TPSA) is 64.9 Å². The number of hydrogen-bond acceptors (Lipinski definition) is 3. The quantitative estimate of drug-likeness (QED) is 0.832. The summed E-state index contributed by atoms with van der Waals surface area (Å²) in [5.74, 6) is 0.112. The minimum absolute atomic E-state index is 0.264. The first-order valence-electron chi connectivity index (χ1n) is 5.31. The van der Waals surface area contributed by atoms with E-state index < -0.39 is 6.04 Å². The first kappa shape index (κ1) is 11.5. The minimum atomic E-state index is -0.459. The van der Waals surface area contributed by atoms with E-state index in [2.05, 4.69) is 4.98 Å². The van der Waals surface area contributed by atoms with Crippen LogP contribution in [0.1, 0.15) is 22.7 Å². The molecule has 1 aromatic carbocycles. The van der Waals surface area contributed by atoms with E-state index in [9.17, 15) is 4.39 Å². The number of nitrogen functional groups attached to an aromatic ring is 1. The summed E-state index contributed by atoms with van der Waals surface area (Å²) in [6.07, 6.45) is 1.60. The van der Waals surface area contributed by atoms with E-state index in [1.165, 1.54) is 6.07 Å². The lowest BCUT2D eigenvalue weighted by Gasteiger charge is -2.14. The Bertz CT molecular complexity index is 540. The van der Waals surface area contributed by atoms with Crippen LogP contribution in [0.3, 0.4) is 0 Å². The number of aryl methyl sites for hydroxylation is 1. The average molecular weight is 231 g/mol. The van der Waals surface area contributed by atoms with E-state index in [4.69, 9.17) is 11.5 Å². The SMILES string of the molecule is Cc1ccc(C(N)c2cccnc2N)cc1F. The molecule has 0 spiro atoms. The highest BCUT2D eigenvalue weighted by Crippen LogP contribution is 2.24. The van der Waals surface area contributed by atoms with Crippen molar-refractivity contribution >= 4 is 5.82 Å². The number of pyridine rings is 1. The molecular formula is C13H14FN3. The van der Waals surface area contributed by atoms with Gasteiger partial charge >= 0.3 is 0 Å². The molecule has 0 saturated heterocycles. The van der Waals surface area contributed by atoms with Crippen LogP contribution >= 0.6 is 0 Å². The first-order valence-corrected chi connectivity index (χ1v) is 5.31. The fourth-order valence-electron chi connectivity index (χ4n) is 1.68. The summed E-state index contributed by atoms with van der Waals surface area (Å²) in [5.41, 5.74) is 13.8. The van der Waals surface area contributed by atoms with Gasteiger partial charge in [0.25, 0.3) is 0 Å². The molecule has 1 aromatic heterocycles. The van der Waals surface area contributed by atoms with Gasteiger partial charge < -0.3 is 11.5 Å². The lowest BCUT2D eigenvalue weighted by atomic mass is 9.99. The molecule has 17 heavy (non-hydrogen) atoms. The van der Waals surface area contributed by atoms with Crippen LogP contribution in [0.2, 0.25) is 0 Å². The molecule has 2 rings (SSSR count). The first-order chi connectivity index (χ1) is 8.09.